The molecule has 0 spiro atoms. The molecule has 2 nitrogen and oxygen atoms in total. The normalized spacial score (nSPS) is 10.5. The van der Waals surface area contributed by atoms with E-state index in [-0.39, 0.29) is 12.2 Å². The predicted molar refractivity (Wildman–Crippen MR) is 62.9 cm³/mol. The Morgan fingerprint density at radius 3 is 2.82 bits per heavy atom. The second kappa shape index (κ2) is 4.72. The standard InChI is InChI=1S/C13H10ClFO2/c1-8-4-5-17-13(8)12(16)7-9-6-10(15)2-3-11(9)14/h2-6H,7H2,1H3. The number of carbonyl (C=O) groups is 1. The highest BCUT2D eigenvalue weighted by Gasteiger charge is 2.15. The first-order chi connectivity index (χ1) is 8.08. The van der Waals surface area contributed by atoms with Gasteiger partial charge in [0.2, 0.25) is 5.78 Å². The summed E-state index contributed by atoms with van der Waals surface area (Å²) in [6.07, 6.45) is 1.49. The number of benzene rings is 1. The molecule has 1 heterocycles. The quantitative estimate of drug-likeness (QED) is 0.778. The average molecular weight is 253 g/mol. The number of carbonyl (C=O) groups excluding carboxylic acids is 1. The van der Waals surface area contributed by atoms with Crippen molar-refractivity contribution in [1.29, 1.82) is 0 Å². The molecular formula is C13H10ClFO2. The number of furan rings is 1. The van der Waals surface area contributed by atoms with Gasteiger partial charge in [0.05, 0.1) is 6.26 Å². The van der Waals surface area contributed by atoms with Crippen molar-refractivity contribution < 1.29 is 13.6 Å². The lowest BCUT2D eigenvalue weighted by Gasteiger charge is -2.03. The van der Waals surface area contributed by atoms with E-state index in [1.807, 2.05) is 0 Å². The van der Waals surface area contributed by atoms with E-state index in [4.69, 9.17) is 16.0 Å². The third-order valence-corrected chi connectivity index (χ3v) is 2.84. The summed E-state index contributed by atoms with van der Waals surface area (Å²) in [5, 5.41) is 0.379. The van der Waals surface area contributed by atoms with Gasteiger partial charge in [-0.25, -0.2) is 4.39 Å². The number of ketones is 1. The molecular weight excluding hydrogens is 243 g/mol. The van der Waals surface area contributed by atoms with Crippen molar-refractivity contribution >= 4 is 17.4 Å². The van der Waals surface area contributed by atoms with Crippen LogP contribution >= 0.6 is 11.6 Å². The summed E-state index contributed by atoms with van der Waals surface area (Å²) in [5.74, 6) is -0.321. The number of rotatable bonds is 3. The molecule has 0 amide bonds. The van der Waals surface area contributed by atoms with E-state index in [0.29, 0.717) is 16.3 Å². The molecule has 0 radical (unpaired) electrons. The Kier molecular flexibility index (Phi) is 3.29. The third kappa shape index (κ3) is 2.56. The highest BCUT2D eigenvalue weighted by atomic mass is 35.5. The maximum atomic E-state index is 13.0. The minimum atomic E-state index is -0.409. The first-order valence-corrected chi connectivity index (χ1v) is 5.47. The van der Waals surface area contributed by atoms with Gasteiger partial charge in [0, 0.05) is 11.4 Å². The number of hydrogen-bond donors (Lipinski definition) is 0. The highest BCUT2D eigenvalue weighted by Crippen LogP contribution is 2.20. The molecule has 2 rings (SSSR count). The lowest BCUT2D eigenvalue weighted by Crippen LogP contribution is -2.04. The van der Waals surface area contributed by atoms with E-state index in [2.05, 4.69) is 0 Å². The van der Waals surface area contributed by atoms with E-state index in [0.717, 1.165) is 5.56 Å². The molecule has 4 heteroatoms. The molecule has 1 aromatic carbocycles. The molecule has 0 saturated heterocycles. The van der Waals surface area contributed by atoms with Crippen LogP contribution in [0.5, 0.6) is 0 Å². The van der Waals surface area contributed by atoms with E-state index < -0.39 is 5.82 Å². The Labute approximate surface area is 103 Å². The van der Waals surface area contributed by atoms with Crippen LogP contribution in [0, 0.1) is 12.7 Å². The Bertz CT molecular complexity index is 560. The average Bonchev–Trinajstić information content (AvgIpc) is 2.70. The smallest absolute Gasteiger partial charge is 0.202 e. The molecule has 0 fully saturated rings. The molecule has 0 aliphatic carbocycles. The van der Waals surface area contributed by atoms with Crippen LogP contribution in [0.1, 0.15) is 21.7 Å². The van der Waals surface area contributed by atoms with Crippen molar-refractivity contribution in [3.8, 4) is 0 Å². The number of Topliss-reactive ketones (excluding diaryl/α,β-unsaturated/α-hetero) is 1. The zero-order valence-corrected chi connectivity index (χ0v) is 9.92. The maximum absolute atomic E-state index is 13.0. The van der Waals surface area contributed by atoms with Crippen molar-refractivity contribution in [2.75, 3.05) is 0 Å². The van der Waals surface area contributed by atoms with Crippen molar-refractivity contribution in [3.63, 3.8) is 0 Å². The topological polar surface area (TPSA) is 30.2 Å². The lowest BCUT2D eigenvalue weighted by atomic mass is 10.1. The first-order valence-electron chi connectivity index (χ1n) is 5.09. The van der Waals surface area contributed by atoms with Gasteiger partial charge in [0.15, 0.2) is 5.76 Å². The first kappa shape index (κ1) is 11.9. The summed E-state index contributed by atoms with van der Waals surface area (Å²) in [4.78, 5) is 11.9. The van der Waals surface area contributed by atoms with Crippen LogP contribution in [0.15, 0.2) is 34.9 Å². The second-order valence-corrected chi connectivity index (χ2v) is 4.18. The zero-order valence-electron chi connectivity index (χ0n) is 9.17. The van der Waals surface area contributed by atoms with Crippen molar-refractivity contribution in [2.24, 2.45) is 0 Å². The Morgan fingerprint density at radius 1 is 1.41 bits per heavy atom. The van der Waals surface area contributed by atoms with Gasteiger partial charge in [-0.1, -0.05) is 11.6 Å². The Hall–Kier alpha value is -1.61. The molecule has 0 saturated carbocycles. The monoisotopic (exact) mass is 252 g/mol. The summed E-state index contributed by atoms with van der Waals surface area (Å²) in [5.41, 5.74) is 1.23. The summed E-state index contributed by atoms with van der Waals surface area (Å²) < 4.78 is 18.1. The molecule has 1 aromatic heterocycles. The molecule has 0 N–H and O–H groups in total. The molecule has 0 aliphatic rings. The van der Waals surface area contributed by atoms with E-state index >= 15 is 0 Å². The fourth-order valence-corrected chi connectivity index (χ4v) is 1.77. The molecule has 88 valence electrons. The van der Waals surface area contributed by atoms with Crippen molar-refractivity contribution in [3.05, 3.63) is 58.3 Å². The van der Waals surface area contributed by atoms with Crippen LogP contribution in [0.2, 0.25) is 5.02 Å². The largest absolute Gasteiger partial charge is 0.461 e. The van der Waals surface area contributed by atoms with Crippen molar-refractivity contribution in [2.45, 2.75) is 13.3 Å². The second-order valence-electron chi connectivity index (χ2n) is 3.77. The van der Waals surface area contributed by atoms with E-state index in [1.54, 1.807) is 13.0 Å². The summed E-state index contributed by atoms with van der Waals surface area (Å²) in [6.45, 7) is 1.78. The van der Waals surface area contributed by atoms with Gasteiger partial charge in [-0.05, 0) is 42.3 Å². The van der Waals surface area contributed by atoms with Crippen LogP contribution in [0.4, 0.5) is 4.39 Å². The number of aryl methyl sites for hydroxylation is 1. The van der Waals surface area contributed by atoms with Crippen molar-refractivity contribution in [1.82, 2.24) is 0 Å². The SMILES string of the molecule is Cc1ccoc1C(=O)Cc1cc(F)ccc1Cl. The van der Waals surface area contributed by atoms with Gasteiger partial charge in [0.1, 0.15) is 5.82 Å². The van der Waals surface area contributed by atoms with Gasteiger partial charge >= 0.3 is 0 Å². The molecule has 0 atom stereocenters. The zero-order chi connectivity index (χ0) is 12.4. The molecule has 0 aliphatic heterocycles. The summed E-state index contributed by atoms with van der Waals surface area (Å²) in [7, 11) is 0. The predicted octanol–water partition coefficient (Wildman–Crippen LogP) is 3.81. The van der Waals surface area contributed by atoms with Crippen LogP contribution in [0.25, 0.3) is 0 Å². The Morgan fingerprint density at radius 2 is 2.18 bits per heavy atom. The number of halogens is 2. The van der Waals surface area contributed by atoms with Crippen LogP contribution in [0.3, 0.4) is 0 Å². The van der Waals surface area contributed by atoms with Gasteiger partial charge < -0.3 is 4.42 Å². The molecule has 17 heavy (non-hydrogen) atoms. The van der Waals surface area contributed by atoms with E-state index in [9.17, 15) is 9.18 Å². The van der Waals surface area contributed by atoms with Gasteiger partial charge in [-0.15, -0.1) is 0 Å². The van der Waals surface area contributed by atoms with E-state index in [1.165, 1.54) is 24.5 Å². The summed E-state index contributed by atoms with van der Waals surface area (Å²) in [6, 6.07) is 5.67. The lowest BCUT2D eigenvalue weighted by molar-refractivity contribution is 0.0965. The Balaban J connectivity index is 2.24. The molecule has 0 unspecified atom stereocenters. The third-order valence-electron chi connectivity index (χ3n) is 2.47. The highest BCUT2D eigenvalue weighted by molar-refractivity contribution is 6.31. The fraction of sp³-hybridized carbons (Fsp3) is 0.154. The van der Waals surface area contributed by atoms with Gasteiger partial charge in [-0.2, -0.15) is 0 Å². The van der Waals surface area contributed by atoms with Crippen LogP contribution < -0.4 is 0 Å². The fourth-order valence-electron chi connectivity index (χ4n) is 1.59. The minimum absolute atomic E-state index is 0.0327. The molecule has 0 bridgehead atoms. The maximum Gasteiger partial charge on any atom is 0.202 e. The van der Waals surface area contributed by atoms with Gasteiger partial charge in [-0.3, -0.25) is 4.79 Å². The molecule has 2 aromatic rings. The van der Waals surface area contributed by atoms with Crippen LogP contribution in [-0.4, -0.2) is 5.78 Å². The van der Waals surface area contributed by atoms with Crippen LogP contribution in [-0.2, 0) is 6.42 Å². The number of hydrogen-bond acceptors (Lipinski definition) is 2. The van der Waals surface area contributed by atoms with Gasteiger partial charge in [0.25, 0.3) is 0 Å². The minimum Gasteiger partial charge on any atom is -0.461 e. The summed E-state index contributed by atoms with van der Waals surface area (Å²) >= 11 is 5.89.